The number of hydrogen-bond acceptors (Lipinski definition) is 4. The highest BCUT2D eigenvalue weighted by Gasteiger charge is 2.26. The second-order valence-electron chi connectivity index (χ2n) is 4.74. The standard InChI is InChI=1S/C12H16BrN3O3/c1-12(2,11(17)14-3)7-15-10-5-4-8(16(18)19)6-9(10)13/h4-6,15H,7H2,1-3H3,(H,14,17). The maximum atomic E-state index is 11.6. The smallest absolute Gasteiger partial charge is 0.270 e. The van der Waals surface area contributed by atoms with Crippen LogP contribution in [0.1, 0.15) is 13.8 Å². The molecule has 0 atom stereocenters. The lowest BCUT2D eigenvalue weighted by Crippen LogP contribution is -2.39. The fourth-order valence-corrected chi connectivity index (χ4v) is 2.00. The van der Waals surface area contributed by atoms with Crippen molar-refractivity contribution in [3.8, 4) is 0 Å². The summed E-state index contributed by atoms with van der Waals surface area (Å²) in [4.78, 5) is 21.8. The van der Waals surface area contributed by atoms with E-state index in [0.29, 0.717) is 16.7 Å². The molecule has 0 saturated heterocycles. The van der Waals surface area contributed by atoms with E-state index in [1.165, 1.54) is 12.1 Å². The molecule has 0 bridgehead atoms. The van der Waals surface area contributed by atoms with Crippen molar-refractivity contribution in [2.75, 3.05) is 18.9 Å². The third kappa shape index (κ3) is 3.92. The Balaban J connectivity index is 2.79. The fourth-order valence-electron chi connectivity index (χ4n) is 1.50. The normalized spacial score (nSPS) is 10.9. The lowest BCUT2D eigenvalue weighted by atomic mass is 9.92. The van der Waals surface area contributed by atoms with Gasteiger partial charge >= 0.3 is 0 Å². The lowest BCUT2D eigenvalue weighted by molar-refractivity contribution is -0.384. The Labute approximate surface area is 119 Å². The van der Waals surface area contributed by atoms with Crippen LogP contribution in [0.25, 0.3) is 0 Å². The summed E-state index contributed by atoms with van der Waals surface area (Å²) in [6.07, 6.45) is 0. The highest BCUT2D eigenvalue weighted by Crippen LogP contribution is 2.28. The van der Waals surface area contributed by atoms with Gasteiger partial charge in [-0.2, -0.15) is 0 Å². The Morgan fingerprint density at radius 1 is 1.47 bits per heavy atom. The van der Waals surface area contributed by atoms with Gasteiger partial charge in [-0.05, 0) is 35.8 Å². The van der Waals surface area contributed by atoms with E-state index in [2.05, 4.69) is 26.6 Å². The first-order valence-electron chi connectivity index (χ1n) is 5.68. The maximum Gasteiger partial charge on any atom is 0.270 e. The van der Waals surface area contributed by atoms with Crippen molar-refractivity contribution in [2.45, 2.75) is 13.8 Å². The van der Waals surface area contributed by atoms with Crippen molar-refractivity contribution in [1.82, 2.24) is 5.32 Å². The molecule has 1 amide bonds. The van der Waals surface area contributed by atoms with Crippen LogP contribution in [0.3, 0.4) is 0 Å². The van der Waals surface area contributed by atoms with Gasteiger partial charge in [0.25, 0.3) is 5.69 Å². The number of halogens is 1. The summed E-state index contributed by atoms with van der Waals surface area (Å²) in [5.74, 6) is -0.0713. The van der Waals surface area contributed by atoms with Crippen LogP contribution in [-0.4, -0.2) is 24.4 Å². The molecule has 0 spiro atoms. The molecule has 2 N–H and O–H groups in total. The summed E-state index contributed by atoms with van der Waals surface area (Å²) in [5.41, 5.74) is 0.154. The minimum Gasteiger partial charge on any atom is -0.383 e. The molecular weight excluding hydrogens is 314 g/mol. The molecule has 104 valence electrons. The van der Waals surface area contributed by atoms with Crippen LogP contribution in [0, 0.1) is 15.5 Å². The second kappa shape index (κ2) is 6.01. The van der Waals surface area contributed by atoms with E-state index in [1.54, 1.807) is 13.1 Å². The van der Waals surface area contributed by atoms with Gasteiger partial charge in [0.2, 0.25) is 5.91 Å². The van der Waals surface area contributed by atoms with Gasteiger partial charge in [-0.15, -0.1) is 0 Å². The highest BCUT2D eigenvalue weighted by molar-refractivity contribution is 9.10. The average Bonchev–Trinajstić information content (AvgIpc) is 2.36. The van der Waals surface area contributed by atoms with Gasteiger partial charge in [0.05, 0.1) is 10.3 Å². The quantitative estimate of drug-likeness (QED) is 0.642. The minimum atomic E-state index is -0.573. The predicted molar refractivity (Wildman–Crippen MR) is 77.1 cm³/mol. The Morgan fingerprint density at radius 2 is 2.11 bits per heavy atom. The van der Waals surface area contributed by atoms with Gasteiger partial charge in [-0.1, -0.05) is 0 Å². The van der Waals surface area contributed by atoms with Crippen molar-refractivity contribution in [1.29, 1.82) is 0 Å². The molecule has 0 radical (unpaired) electrons. The molecule has 0 aliphatic heterocycles. The van der Waals surface area contributed by atoms with E-state index < -0.39 is 10.3 Å². The summed E-state index contributed by atoms with van der Waals surface area (Å²) >= 11 is 3.27. The van der Waals surface area contributed by atoms with Gasteiger partial charge in [0, 0.05) is 35.9 Å². The van der Waals surface area contributed by atoms with E-state index >= 15 is 0 Å². The highest BCUT2D eigenvalue weighted by atomic mass is 79.9. The minimum absolute atomic E-state index is 0.0167. The van der Waals surface area contributed by atoms with Crippen molar-refractivity contribution in [2.24, 2.45) is 5.41 Å². The zero-order chi connectivity index (χ0) is 14.6. The fraction of sp³-hybridized carbons (Fsp3) is 0.417. The lowest BCUT2D eigenvalue weighted by Gasteiger charge is -2.23. The summed E-state index contributed by atoms with van der Waals surface area (Å²) < 4.78 is 0.592. The van der Waals surface area contributed by atoms with Crippen LogP contribution in [0.4, 0.5) is 11.4 Å². The topological polar surface area (TPSA) is 84.3 Å². The molecule has 0 heterocycles. The third-order valence-electron chi connectivity index (χ3n) is 2.73. The average molecular weight is 330 g/mol. The number of amides is 1. The number of carbonyl (C=O) groups is 1. The first kappa shape index (κ1) is 15.4. The SMILES string of the molecule is CNC(=O)C(C)(C)CNc1ccc([N+](=O)[O-])cc1Br. The van der Waals surface area contributed by atoms with Crippen LogP contribution in [0.2, 0.25) is 0 Å². The van der Waals surface area contributed by atoms with Crippen LogP contribution in [-0.2, 0) is 4.79 Å². The van der Waals surface area contributed by atoms with Gasteiger partial charge < -0.3 is 10.6 Å². The molecule has 0 fully saturated rings. The number of hydrogen-bond donors (Lipinski definition) is 2. The molecule has 1 aromatic rings. The Morgan fingerprint density at radius 3 is 2.58 bits per heavy atom. The van der Waals surface area contributed by atoms with Gasteiger partial charge in [0.1, 0.15) is 0 Å². The van der Waals surface area contributed by atoms with Crippen molar-refractivity contribution >= 4 is 33.2 Å². The molecule has 6 nitrogen and oxygen atoms in total. The molecule has 7 heteroatoms. The molecule has 0 unspecified atom stereocenters. The van der Waals surface area contributed by atoms with Crippen molar-refractivity contribution in [3.05, 3.63) is 32.8 Å². The summed E-state index contributed by atoms with van der Waals surface area (Å²) in [6, 6.07) is 4.46. The first-order chi connectivity index (χ1) is 8.77. The van der Waals surface area contributed by atoms with Crippen LogP contribution >= 0.6 is 15.9 Å². The van der Waals surface area contributed by atoms with Crippen LogP contribution < -0.4 is 10.6 Å². The number of anilines is 1. The largest absolute Gasteiger partial charge is 0.383 e. The van der Waals surface area contributed by atoms with E-state index in [1.807, 2.05) is 13.8 Å². The van der Waals surface area contributed by atoms with E-state index in [-0.39, 0.29) is 11.6 Å². The molecular formula is C12H16BrN3O3. The van der Waals surface area contributed by atoms with Gasteiger partial charge in [-0.25, -0.2) is 0 Å². The number of nitrogens with one attached hydrogen (secondary N) is 2. The summed E-state index contributed by atoms with van der Waals surface area (Å²) in [6.45, 7) is 4.05. The van der Waals surface area contributed by atoms with E-state index in [0.717, 1.165) is 0 Å². The Hall–Kier alpha value is -1.63. The molecule has 0 aromatic heterocycles. The zero-order valence-electron chi connectivity index (χ0n) is 11.0. The Bertz CT molecular complexity index is 503. The monoisotopic (exact) mass is 329 g/mol. The van der Waals surface area contributed by atoms with Crippen molar-refractivity contribution in [3.63, 3.8) is 0 Å². The first-order valence-corrected chi connectivity index (χ1v) is 6.47. The maximum absolute atomic E-state index is 11.6. The number of nitro benzene ring substituents is 1. The van der Waals surface area contributed by atoms with Gasteiger partial charge in [-0.3, -0.25) is 14.9 Å². The summed E-state index contributed by atoms with van der Waals surface area (Å²) in [5, 5.41) is 16.3. The van der Waals surface area contributed by atoms with E-state index in [4.69, 9.17) is 0 Å². The molecule has 1 aromatic carbocycles. The van der Waals surface area contributed by atoms with E-state index in [9.17, 15) is 14.9 Å². The molecule has 1 rings (SSSR count). The third-order valence-corrected chi connectivity index (χ3v) is 3.38. The number of nitro groups is 1. The van der Waals surface area contributed by atoms with Crippen LogP contribution in [0.5, 0.6) is 0 Å². The van der Waals surface area contributed by atoms with Crippen molar-refractivity contribution < 1.29 is 9.72 Å². The second-order valence-corrected chi connectivity index (χ2v) is 5.59. The number of rotatable bonds is 5. The molecule has 0 aliphatic rings. The molecule has 19 heavy (non-hydrogen) atoms. The number of benzene rings is 1. The molecule has 0 saturated carbocycles. The zero-order valence-corrected chi connectivity index (χ0v) is 12.6. The number of carbonyl (C=O) groups excluding carboxylic acids is 1. The number of nitrogens with zero attached hydrogens (tertiary/aromatic N) is 1. The summed E-state index contributed by atoms with van der Waals surface area (Å²) in [7, 11) is 1.59. The number of non-ortho nitro benzene ring substituents is 1. The Kier molecular flexibility index (Phi) is 4.88. The predicted octanol–water partition coefficient (Wildman–Crippen LogP) is 2.54. The molecule has 0 aliphatic carbocycles. The van der Waals surface area contributed by atoms with Crippen LogP contribution in [0.15, 0.2) is 22.7 Å². The van der Waals surface area contributed by atoms with Gasteiger partial charge in [0.15, 0.2) is 0 Å².